The van der Waals surface area contributed by atoms with Crippen molar-refractivity contribution in [2.75, 3.05) is 5.32 Å². The number of benzene rings is 1. The first-order chi connectivity index (χ1) is 12.5. The van der Waals surface area contributed by atoms with E-state index < -0.39 is 6.61 Å². The third kappa shape index (κ3) is 3.79. The van der Waals surface area contributed by atoms with Gasteiger partial charge in [-0.25, -0.2) is 0 Å². The van der Waals surface area contributed by atoms with Crippen LogP contribution in [0.4, 0.5) is 14.5 Å². The number of nitrogens with one attached hydrogen (secondary N) is 1. The summed E-state index contributed by atoms with van der Waals surface area (Å²) in [5, 5.41) is 7.18. The van der Waals surface area contributed by atoms with Crippen molar-refractivity contribution >= 4 is 22.5 Å². The second-order valence-electron chi connectivity index (χ2n) is 5.74. The summed E-state index contributed by atoms with van der Waals surface area (Å²) < 4.78 is 34.6. The lowest BCUT2D eigenvalue weighted by Gasteiger charge is -2.12. The van der Waals surface area contributed by atoms with Crippen LogP contribution in [-0.4, -0.2) is 22.7 Å². The predicted octanol–water partition coefficient (Wildman–Crippen LogP) is 4.01. The Morgan fingerprint density at radius 1 is 1.31 bits per heavy atom. The zero-order valence-corrected chi connectivity index (χ0v) is 14.3. The SMILES string of the molecule is Cc1noc(C)c1CCC(=O)Nc1ccc(OC(F)F)c2ncccc12. The molecule has 0 saturated carbocycles. The molecule has 0 radical (unpaired) electrons. The van der Waals surface area contributed by atoms with Crippen molar-refractivity contribution in [3.63, 3.8) is 0 Å². The molecule has 0 spiro atoms. The summed E-state index contributed by atoms with van der Waals surface area (Å²) in [7, 11) is 0. The van der Waals surface area contributed by atoms with Crippen LogP contribution in [0.5, 0.6) is 5.75 Å². The molecule has 6 nitrogen and oxygen atoms in total. The van der Waals surface area contributed by atoms with E-state index in [4.69, 9.17) is 4.52 Å². The zero-order valence-electron chi connectivity index (χ0n) is 14.3. The van der Waals surface area contributed by atoms with Crippen molar-refractivity contribution in [3.05, 3.63) is 47.5 Å². The maximum absolute atomic E-state index is 12.5. The Labute approximate surface area is 148 Å². The van der Waals surface area contributed by atoms with Crippen LogP contribution in [0, 0.1) is 13.8 Å². The number of amides is 1. The van der Waals surface area contributed by atoms with Gasteiger partial charge in [-0.2, -0.15) is 8.78 Å². The minimum absolute atomic E-state index is 0.0377. The highest BCUT2D eigenvalue weighted by molar-refractivity contribution is 6.02. The Morgan fingerprint density at radius 2 is 2.12 bits per heavy atom. The van der Waals surface area contributed by atoms with Gasteiger partial charge in [-0.3, -0.25) is 9.78 Å². The molecule has 8 heteroatoms. The summed E-state index contributed by atoms with van der Waals surface area (Å²) in [5.41, 5.74) is 2.42. The summed E-state index contributed by atoms with van der Waals surface area (Å²) in [6.07, 6.45) is 2.21. The number of alkyl halides is 2. The molecule has 0 unspecified atom stereocenters. The number of rotatable bonds is 6. The number of carbonyl (C=O) groups is 1. The van der Waals surface area contributed by atoms with Gasteiger partial charge in [-0.1, -0.05) is 5.16 Å². The number of nitrogens with zero attached hydrogens (tertiary/aromatic N) is 2. The van der Waals surface area contributed by atoms with Crippen molar-refractivity contribution < 1.29 is 22.8 Å². The maximum Gasteiger partial charge on any atom is 0.387 e. The monoisotopic (exact) mass is 361 g/mol. The van der Waals surface area contributed by atoms with E-state index in [2.05, 4.69) is 20.2 Å². The summed E-state index contributed by atoms with van der Waals surface area (Å²) in [5.74, 6) is 0.445. The van der Waals surface area contributed by atoms with Crippen molar-refractivity contribution in [2.45, 2.75) is 33.3 Å². The number of pyridine rings is 1. The second-order valence-corrected chi connectivity index (χ2v) is 5.74. The molecule has 1 N–H and O–H groups in total. The van der Waals surface area contributed by atoms with E-state index >= 15 is 0 Å². The molecule has 0 atom stereocenters. The summed E-state index contributed by atoms with van der Waals surface area (Å²) in [6.45, 7) is 0.675. The molecule has 3 rings (SSSR count). The molecule has 3 aromatic rings. The fraction of sp³-hybridized carbons (Fsp3) is 0.278. The van der Waals surface area contributed by atoms with Gasteiger partial charge < -0.3 is 14.6 Å². The number of halogens is 2. The van der Waals surface area contributed by atoms with Gasteiger partial charge in [0.05, 0.1) is 11.4 Å². The van der Waals surface area contributed by atoms with Crippen LogP contribution in [0.15, 0.2) is 35.0 Å². The average molecular weight is 361 g/mol. The van der Waals surface area contributed by atoms with Crippen LogP contribution < -0.4 is 10.1 Å². The van der Waals surface area contributed by atoms with Crippen molar-refractivity contribution in [1.29, 1.82) is 0 Å². The lowest BCUT2D eigenvalue weighted by atomic mass is 10.1. The number of hydrogen-bond acceptors (Lipinski definition) is 5. The highest BCUT2D eigenvalue weighted by atomic mass is 19.3. The Morgan fingerprint density at radius 3 is 2.81 bits per heavy atom. The van der Waals surface area contributed by atoms with Crippen LogP contribution in [-0.2, 0) is 11.2 Å². The van der Waals surface area contributed by atoms with Crippen LogP contribution in [0.1, 0.15) is 23.4 Å². The molecule has 1 amide bonds. The van der Waals surface area contributed by atoms with Gasteiger partial charge in [0.25, 0.3) is 0 Å². The van der Waals surface area contributed by atoms with E-state index in [0.29, 0.717) is 23.3 Å². The predicted molar refractivity (Wildman–Crippen MR) is 91.3 cm³/mol. The van der Waals surface area contributed by atoms with Gasteiger partial charge in [-0.15, -0.1) is 0 Å². The van der Waals surface area contributed by atoms with Crippen LogP contribution in [0.2, 0.25) is 0 Å². The number of fused-ring (bicyclic) bond motifs is 1. The quantitative estimate of drug-likeness (QED) is 0.718. The number of aromatic nitrogens is 2. The topological polar surface area (TPSA) is 77.2 Å². The van der Waals surface area contributed by atoms with Crippen molar-refractivity contribution in [1.82, 2.24) is 10.1 Å². The molecule has 1 aromatic carbocycles. The Balaban J connectivity index is 1.77. The molecule has 2 aromatic heterocycles. The minimum Gasteiger partial charge on any atom is -0.432 e. The van der Waals surface area contributed by atoms with E-state index in [9.17, 15) is 13.6 Å². The first kappa shape index (κ1) is 17.8. The van der Waals surface area contributed by atoms with E-state index in [1.807, 2.05) is 6.92 Å². The standard InChI is InChI=1S/C18H17F2N3O3/c1-10-12(11(2)26-23-10)5-8-16(24)22-14-6-7-15(25-18(19)20)17-13(14)4-3-9-21-17/h3-4,6-7,9,18H,5,8H2,1-2H3,(H,22,24). The highest BCUT2D eigenvalue weighted by Gasteiger charge is 2.15. The van der Waals surface area contributed by atoms with Crippen LogP contribution >= 0.6 is 0 Å². The second kappa shape index (κ2) is 7.47. The van der Waals surface area contributed by atoms with Gasteiger partial charge in [0, 0.05) is 23.6 Å². The number of hydrogen-bond donors (Lipinski definition) is 1. The zero-order chi connectivity index (χ0) is 18.7. The molecule has 26 heavy (non-hydrogen) atoms. The summed E-state index contributed by atoms with van der Waals surface area (Å²) in [4.78, 5) is 16.4. The largest absolute Gasteiger partial charge is 0.432 e. The average Bonchev–Trinajstić information content (AvgIpc) is 2.93. The third-order valence-corrected chi connectivity index (χ3v) is 4.01. The van der Waals surface area contributed by atoms with Crippen molar-refractivity contribution in [2.24, 2.45) is 0 Å². The molecule has 0 fully saturated rings. The van der Waals surface area contributed by atoms with Gasteiger partial charge in [-0.05, 0) is 44.5 Å². The van der Waals surface area contributed by atoms with E-state index in [1.165, 1.54) is 18.3 Å². The highest BCUT2D eigenvalue weighted by Crippen LogP contribution is 2.31. The number of ether oxygens (including phenoxy) is 1. The van der Waals surface area contributed by atoms with E-state index in [-0.39, 0.29) is 23.6 Å². The normalized spacial score (nSPS) is 11.1. The maximum atomic E-state index is 12.5. The van der Waals surface area contributed by atoms with Crippen molar-refractivity contribution in [3.8, 4) is 5.75 Å². The van der Waals surface area contributed by atoms with Crippen LogP contribution in [0.3, 0.4) is 0 Å². The molecule has 2 heterocycles. The number of carbonyl (C=O) groups excluding carboxylic acids is 1. The molecular formula is C18H17F2N3O3. The molecular weight excluding hydrogens is 344 g/mol. The lowest BCUT2D eigenvalue weighted by Crippen LogP contribution is -2.13. The number of anilines is 1. The molecule has 136 valence electrons. The Hall–Kier alpha value is -3.03. The Kier molecular flexibility index (Phi) is 5.11. The summed E-state index contributed by atoms with van der Waals surface area (Å²) in [6, 6.07) is 6.24. The summed E-state index contributed by atoms with van der Waals surface area (Å²) >= 11 is 0. The fourth-order valence-electron chi connectivity index (χ4n) is 2.76. The third-order valence-electron chi connectivity index (χ3n) is 4.01. The smallest absolute Gasteiger partial charge is 0.387 e. The minimum atomic E-state index is -2.95. The van der Waals surface area contributed by atoms with Gasteiger partial charge in [0.15, 0.2) is 5.75 Å². The molecule has 0 aliphatic heterocycles. The van der Waals surface area contributed by atoms with E-state index in [1.54, 1.807) is 19.1 Å². The first-order valence-corrected chi connectivity index (χ1v) is 8.00. The fourth-order valence-corrected chi connectivity index (χ4v) is 2.76. The molecule has 0 bridgehead atoms. The van der Waals surface area contributed by atoms with Gasteiger partial charge in [0.1, 0.15) is 11.3 Å². The lowest BCUT2D eigenvalue weighted by molar-refractivity contribution is -0.116. The Bertz CT molecular complexity index is 921. The van der Waals surface area contributed by atoms with Gasteiger partial charge in [0.2, 0.25) is 5.91 Å². The van der Waals surface area contributed by atoms with E-state index in [0.717, 1.165) is 11.3 Å². The first-order valence-electron chi connectivity index (χ1n) is 8.00. The number of aryl methyl sites for hydroxylation is 2. The molecule has 0 aliphatic carbocycles. The van der Waals surface area contributed by atoms with Crippen LogP contribution in [0.25, 0.3) is 10.9 Å². The molecule has 0 saturated heterocycles. The van der Waals surface area contributed by atoms with Gasteiger partial charge >= 0.3 is 6.61 Å². The molecule has 0 aliphatic rings.